The molecular formula is C26H39N3O. The van der Waals surface area contributed by atoms with E-state index >= 15 is 0 Å². The van der Waals surface area contributed by atoms with Crippen LogP contribution in [-0.2, 0) is 18.4 Å². The van der Waals surface area contributed by atoms with E-state index in [1.807, 2.05) is 13.8 Å². The summed E-state index contributed by atoms with van der Waals surface area (Å²) in [5.74, 6) is 1.72. The van der Waals surface area contributed by atoms with Gasteiger partial charge in [0.1, 0.15) is 5.82 Å². The Morgan fingerprint density at radius 2 is 1.67 bits per heavy atom. The predicted octanol–water partition coefficient (Wildman–Crippen LogP) is 5.51. The lowest BCUT2D eigenvalue weighted by Gasteiger charge is -2.34. The minimum Gasteiger partial charge on any atom is -0.390 e. The molecule has 4 heteroatoms. The van der Waals surface area contributed by atoms with Gasteiger partial charge in [-0.05, 0) is 67.7 Å². The highest BCUT2D eigenvalue weighted by Crippen LogP contribution is 2.29. The number of anilines is 1. The SMILES string of the molecule is Cc1nc(CCCCC2CCN(c3ccc(C(C)(C)C)cc3)CC2)nc(CO)c1C. The quantitative estimate of drug-likeness (QED) is 0.612. The molecule has 2 heterocycles. The lowest BCUT2D eigenvalue weighted by atomic mass is 9.87. The third kappa shape index (κ3) is 5.81. The van der Waals surface area contributed by atoms with E-state index in [0.29, 0.717) is 0 Å². The summed E-state index contributed by atoms with van der Waals surface area (Å²) in [5.41, 5.74) is 5.77. The van der Waals surface area contributed by atoms with Crippen molar-refractivity contribution in [2.24, 2.45) is 5.92 Å². The smallest absolute Gasteiger partial charge is 0.128 e. The van der Waals surface area contributed by atoms with E-state index in [-0.39, 0.29) is 12.0 Å². The highest BCUT2D eigenvalue weighted by atomic mass is 16.3. The summed E-state index contributed by atoms with van der Waals surface area (Å²) in [7, 11) is 0. The molecule has 2 aromatic rings. The van der Waals surface area contributed by atoms with Crippen molar-refractivity contribution in [3.05, 3.63) is 52.6 Å². The van der Waals surface area contributed by atoms with Crippen LogP contribution in [0.25, 0.3) is 0 Å². The number of aryl methyl sites for hydroxylation is 2. The van der Waals surface area contributed by atoms with Crippen molar-refractivity contribution in [1.82, 2.24) is 9.97 Å². The first kappa shape index (κ1) is 22.7. The average Bonchev–Trinajstić information content (AvgIpc) is 2.73. The summed E-state index contributed by atoms with van der Waals surface area (Å²) >= 11 is 0. The number of benzene rings is 1. The minimum atomic E-state index is -0.000298. The maximum Gasteiger partial charge on any atom is 0.128 e. The summed E-state index contributed by atoms with van der Waals surface area (Å²) in [6, 6.07) is 9.17. The molecule has 0 aliphatic carbocycles. The Morgan fingerprint density at radius 1 is 1.00 bits per heavy atom. The molecule has 164 valence electrons. The van der Waals surface area contributed by atoms with Crippen LogP contribution in [-0.4, -0.2) is 28.2 Å². The van der Waals surface area contributed by atoms with Gasteiger partial charge in [0.25, 0.3) is 0 Å². The first-order valence-corrected chi connectivity index (χ1v) is 11.6. The summed E-state index contributed by atoms with van der Waals surface area (Å²) < 4.78 is 0. The van der Waals surface area contributed by atoms with E-state index in [2.05, 4.69) is 59.9 Å². The van der Waals surface area contributed by atoms with E-state index in [4.69, 9.17) is 0 Å². The molecule has 1 aromatic heterocycles. The van der Waals surface area contributed by atoms with Gasteiger partial charge in [-0.2, -0.15) is 0 Å². The fourth-order valence-corrected chi connectivity index (χ4v) is 4.38. The maximum absolute atomic E-state index is 9.47. The number of hydrogen-bond donors (Lipinski definition) is 1. The van der Waals surface area contributed by atoms with E-state index in [0.717, 1.165) is 41.5 Å². The molecular weight excluding hydrogens is 370 g/mol. The van der Waals surface area contributed by atoms with Crippen molar-refractivity contribution in [1.29, 1.82) is 0 Å². The monoisotopic (exact) mass is 409 g/mol. The fourth-order valence-electron chi connectivity index (χ4n) is 4.38. The summed E-state index contributed by atoms with van der Waals surface area (Å²) in [6.45, 7) is 13.1. The first-order valence-electron chi connectivity index (χ1n) is 11.6. The highest BCUT2D eigenvalue weighted by molar-refractivity contribution is 5.48. The number of hydrogen-bond acceptors (Lipinski definition) is 4. The highest BCUT2D eigenvalue weighted by Gasteiger charge is 2.20. The molecule has 0 saturated carbocycles. The van der Waals surface area contributed by atoms with Gasteiger partial charge >= 0.3 is 0 Å². The third-order valence-electron chi connectivity index (χ3n) is 6.66. The maximum atomic E-state index is 9.47. The van der Waals surface area contributed by atoms with Crippen LogP contribution < -0.4 is 4.90 Å². The molecule has 0 spiro atoms. The standard InChI is InChI=1S/C26H39N3O/c1-19-20(2)27-25(28-24(19)18-30)9-7-6-8-21-14-16-29(17-15-21)23-12-10-22(11-13-23)26(3,4)5/h10-13,21,30H,6-9,14-18H2,1-5H3. The van der Waals surface area contributed by atoms with Gasteiger partial charge in [-0.1, -0.05) is 45.7 Å². The lowest BCUT2D eigenvalue weighted by molar-refractivity contribution is 0.275. The second-order valence-corrected chi connectivity index (χ2v) is 9.93. The Balaban J connectivity index is 1.41. The van der Waals surface area contributed by atoms with E-state index in [1.165, 1.54) is 50.0 Å². The van der Waals surface area contributed by atoms with Crippen molar-refractivity contribution in [3.8, 4) is 0 Å². The van der Waals surface area contributed by atoms with Gasteiger partial charge in [0.2, 0.25) is 0 Å². The molecule has 1 aliphatic heterocycles. The van der Waals surface area contributed by atoms with E-state index in [1.54, 1.807) is 0 Å². The normalized spacial score (nSPS) is 15.6. The molecule has 0 atom stereocenters. The number of aromatic nitrogens is 2. The molecule has 1 aliphatic rings. The molecule has 0 amide bonds. The zero-order chi connectivity index (χ0) is 21.7. The van der Waals surface area contributed by atoms with Crippen molar-refractivity contribution in [2.75, 3.05) is 18.0 Å². The molecule has 1 aromatic carbocycles. The summed E-state index contributed by atoms with van der Waals surface area (Å²) in [4.78, 5) is 11.7. The van der Waals surface area contributed by atoms with Gasteiger partial charge in [0.15, 0.2) is 0 Å². The van der Waals surface area contributed by atoms with Gasteiger partial charge < -0.3 is 10.0 Å². The molecule has 1 N–H and O–H groups in total. The topological polar surface area (TPSA) is 49.2 Å². The van der Waals surface area contributed by atoms with Gasteiger partial charge in [-0.3, -0.25) is 0 Å². The van der Waals surface area contributed by atoms with E-state index < -0.39 is 0 Å². The molecule has 3 rings (SSSR count). The van der Waals surface area contributed by atoms with Crippen LogP contribution in [0.2, 0.25) is 0 Å². The molecule has 0 radical (unpaired) electrons. The van der Waals surface area contributed by atoms with E-state index in [9.17, 15) is 5.11 Å². The van der Waals surface area contributed by atoms with Gasteiger partial charge in [-0.25, -0.2) is 9.97 Å². The Bertz CT molecular complexity index is 815. The van der Waals surface area contributed by atoms with Crippen LogP contribution in [0.3, 0.4) is 0 Å². The zero-order valence-corrected chi connectivity index (χ0v) is 19.5. The van der Waals surface area contributed by atoms with Crippen LogP contribution >= 0.6 is 0 Å². The van der Waals surface area contributed by atoms with Crippen LogP contribution in [0, 0.1) is 19.8 Å². The lowest BCUT2D eigenvalue weighted by Crippen LogP contribution is -2.33. The second kappa shape index (κ2) is 9.91. The van der Waals surface area contributed by atoms with Crippen LogP contribution in [0.4, 0.5) is 5.69 Å². The summed E-state index contributed by atoms with van der Waals surface area (Å²) in [5, 5.41) is 9.47. The Labute approximate surface area is 182 Å². The van der Waals surface area contributed by atoms with Crippen LogP contribution in [0.15, 0.2) is 24.3 Å². The number of aliphatic hydroxyl groups is 1. The van der Waals surface area contributed by atoms with Gasteiger partial charge in [0.05, 0.1) is 12.3 Å². The molecule has 0 bridgehead atoms. The first-order chi connectivity index (χ1) is 14.3. The number of aliphatic hydroxyl groups excluding tert-OH is 1. The molecule has 30 heavy (non-hydrogen) atoms. The molecule has 1 fully saturated rings. The van der Waals surface area contributed by atoms with Crippen molar-refractivity contribution in [2.45, 2.75) is 85.2 Å². The largest absolute Gasteiger partial charge is 0.390 e. The number of rotatable bonds is 7. The molecule has 0 unspecified atom stereocenters. The summed E-state index contributed by atoms with van der Waals surface area (Å²) in [6.07, 6.45) is 7.14. The zero-order valence-electron chi connectivity index (χ0n) is 19.5. The molecule has 4 nitrogen and oxygen atoms in total. The Hall–Kier alpha value is -1.94. The van der Waals surface area contributed by atoms with Crippen LogP contribution in [0.5, 0.6) is 0 Å². The number of unbranched alkanes of at least 4 members (excludes halogenated alkanes) is 1. The van der Waals surface area contributed by atoms with Gasteiger partial charge in [-0.15, -0.1) is 0 Å². The number of nitrogens with zero attached hydrogens (tertiary/aromatic N) is 3. The number of piperidine rings is 1. The Kier molecular flexibility index (Phi) is 7.51. The average molecular weight is 410 g/mol. The van der Waals surface area contributed by atoms with Crippen molar-refractivity contribution >= 4 is 5.69 Å². The fraction of sp³-hybridized carbons (Fsp3) is 0.615. The van der Waals surface area contributed by atoms with Crippen molar-refractivity contribution in [3.63, 3.8) is 0 Å². The minimum absolute atomic E-state index is 0.000298. The third-order valence-corrected chi connectivity index (χ3v) is 6.66. The van der Waals surface area contributed by atoms with Gasteiger partial charge in [0, 0.05) is 30.9 Å². The second-order valence-electron chi connectivity index (χ2n) is 9.93. The van der Waals surface area contributed by atoms with Crippen molar-refractivity contribution < 1.29 is 5.11 Å². The molecule has 1 saturated heterocycles. The predicted molar refractivity (Wildman–Crippen MR) is 125 cm³/mol. The van der Waals surface area contributed by atoms with Crippen LogP contribution in [0.1, 0.15) is 81.2 Å². The Morgan fingerprint density at radius 3 is 2.27 bits per heavy atom.